The van der Waals surface area contributed by atoms with Crippen molar-refractivity contribution in [2.24, 2.45) is 0 Å². The van der Waals surface area contributed by atoms with E-state index in [4.69, 9.17) is 4.52 Å². The third kappa shape index (κ3) is 4.40. The minimum absolute atomic E-state index is 0.0641. The Bertz CT molecular complexity index is 931. The van der Waals surface area contributed by atoms with E-state index in [-0.39, 0.29) is 5.91 Å². The van der Waals surface area contributed by atoms with Gasteiger partial charge in [0.2, 0.25) is 0 Å². The molecular formula is C24H27N3O2. The van der Waals surface area contributed by atoms with Gasteiger partial charge in [-0.05, 0) is 45.0 Å². The maximum absolute atomic E-state index is 13.7. The van der Waals surface area contributed by atoms with Crippen molar-refractivity contribution in [1.82, 2.24) is 10.1 Å². The predicted molar refractivity (Wildman–Crippen MR) is 115 cm³/mol. The van der Waals surface area contributed by atoms with Crippen molar-refractivity contribution in [3.05, 3.63) is 72.0 Å². The van der Waals surface area contributed by atoms with Crippen molar-refractivity contribution in [2.45, 2.75) is 26.2 Å². The zero-order valence-corrected chi connectivity index (χ0v) is 16.9. The molecule has 1 saturated heterocycles. The Labute approximate surface area is 171 Å². The molecule has 0 saturated carbocycles. The molecule has 0 N–H and O–H groups in total. The number of amides is 1. The highest BCUT2D eigenvalue weighted by Gasteiger charge is 2.27. The van der Waals surface area contributed by atoms with E-state index < -0.39 is 0 Å². The molecule has 0 aliphatic carbocycles. The largest absolute Gasteiger partial charge is 0.360 e. The fourth-order valence-electron chi connectivity index (χ4n) is 3.93. The van der Waals surface area contributed by atoms with E-state index in [9.17, 15) is 4.79 Å². The highest BCUT2D eigenvalue weighted by atomic mass is 16.5. The van der Waals surface area contributed by atoms with Crippen molar-refractivity contribution in [2.75, 3.05) is 31.1 Å². The second kappa shape index (κ2) is 9.05. The Balaban J connectivity index is 1.64. The van der Waals surface area contributed by atoms with Crippen molar-refractivity contribution >= 4 is 11.6 Å². The average molecular weight is 389 g/mol. The first-order chi connectivity index (χ1) is 14.2. The van der Waals surface area contributed by atoms with Crippen LogP contribution in [0.25, 0.3) is 11.3 Å². The number of aromatic nitrogens is 1. The lowest BCUT2D eigenvalue weighted by atomic mass is 10.0. The van der Waals surface area contributed by atoms with Crippen LogP contribution < -0.4 is 4.90 Å². The number of piperidine rings is 1. The topological polar surface area (TPSA) is 49.6 Å². The van der Waals surface area contributed by atoms with Crippen LogP contribution >= 0.6 is 0 Å². The molecule has 1 aliphatic rings. The summed E-state index contributed by atoms with van der Waals surface area (Å²) in [6.07, 6.45) is 3.78. The normalized spacial score (nSPS) is 14.7. The highest BCUT2D eigenvalue weighted by Crippen LogP contribution is 2.28. The highest BCUT2D eigenvalue weighted by molar-refractivity contribution is 6.10. The van der Waals surface area contributed by atoms with Gasteiger partial charge in [-0.15, -0.1) is 0 Å². The molecule has 4 rings (SSSR count). The van der Waals surface area contributed by atoms with Crippen LogP contribution in [0.3, 0.4) is 0 Å². The molecule has 1 fully saturated rings. The van der Waals surface area contributed by atoms with E-state index >= 15 is 0 Å². The lowest BCUT2D eigenvalue weighted by Gasteiger charge is -2.30. The number of likely N-dealkylation sites (tertiary alicyclic amines) is 1. The van der Waals surface area contributed by atoms with Gasteiger partial charge in [-0.2, -0.15) is 0 Å². The Morgan fingerprint density at radius 1 is 1.00 bits per heavy atom. The Morgan fingerprint density at radius 2 is 1.66 bits per heavy atom. The molecule has 0 radical (unpaired) electrons. The minimum Gasteiger partial charge on any atom is -0.360 e. The van der Waals surface area contributed by atoms with Crippen molar-refractivity contribution in [3.8, 4) is 11.3 Å². The Morgan fingerprint density at radius 3 is 2.34 bits per heavy atom. The number of para-hydroxylation sites is 1. The number of hydrogen-bond acceptors (Lipinski definition) is 4. The van der Waals surface area contributed by atoms with E-state index in [0.717, 1.165) is 30.9 Å². The van der Waals surface area contributed by atoms with Crippen LogP contribution in [0.4, 0.5) is 5.69 Å². The molecule has 5 nitrogen and oxygen atoms in total. The zero-order valence-electron chi connectivity index (χ0n) is 16.9. The average Bonchev–Trinajstić information content (AvgIpc) is 3.17. The van der Waals surface area contributed by atoms with Crippen molar-refractivity contribution < 1.29 is 9.32 Å². The molecule has 2 heterocycles. The maximum Gasteiger partial charge on any atom is 0.264 e. The summed E-state index contributed by atoms with van der Waals surface area (Å²) in [7, 11) is 0. The number of aryl methyl sites for hydroxylation is 1. The monoisotopic (exact) mass is 389 g/mol. The van der Waals surface area contributed by atoms with Gasteiger partial charge in [0.15, 0.2) is 0 Å². The molecule has 0 spiro atoms. The third-order valence-corrected chi connectivity index (χ3v) is 5.53. The lowest BCUT2D eigenvalue weighted by molar-refractivity contribution is 0.0981. The number of anilines is 1. The Kier molecular flexibility index (Phi) is 6.06. The van der Waals surface area contributed by atoms with Gasteiger partial charge in [0.1, 0.15) is 17.0 Å². The number of rotatable bonds is 6. The van der Waals surface area contributed by atoms with Crippen molar-refractivity contribution in [3.63, 3.8) is 0 Å². The summed E-state index contributed by atoms with van der Waals surface area (Å²) >= 11 is 0. The van der Waals surface area contributed by atoms with E-state index in [1.165, 1.54) is 19.3 Å². The van der Waals surface area contributed by atoms with Gasteiger partial charge in [0.05, 0.1) is 0 Å². The second-order valence-corrected chi connectivity index (χ2v) is 7.52. The van der Waals surface area contributed by atoms with Gasteiger partial charge in [0.25, 0.3) is 5.91 Å². The second-order valence-electron chi connectivity index (χ2n) is 7.52. The summed E-state index contributed by atoms with van der Waals surface area (Å²) in [6.45, 7) is 5.53. The number of benzene rings is 2. The molecule has 0 atom stereocenters. The summed E-state index contributed by atoms with van der Waals surface area (Å²) in [5.74, 6) is 0.485. The molecular weight excluding hydrogens is 362 g/mol. The SMILES string of the molecule is Cc1onc(-c2ccccc2)c1C(=O)N(CCN1CCCCC1)c1ccccc1. The lowest BCUT2D eigenvalue weighted by Crippen LogP contribution is -2.40. The van der Waals surface area contributed by atoms with Crippen LogP contribution in [0.1, 0.15) is 35.4 Å². The zero-order chi connectivity index (χ0) is 20.1. The first kappa shape index (κ1) is 19.4. The number of nitrogens with zero attached hydrogens (tertiary/aromatic N) is 3. The van der Waals surface area contributed by atoms with Crippen molar-refractivity contribution in [1.29, 1.82) is 0 Å². The van der Waals surface area contributed by atoms with E-state index in [2.05, 4.69) is 10.1 Å². The first-order valence-corrected chi connectivity index (χ1v) is 10.3. The fourth-order valence-corrected chi connectivity index (χ4v) is 3.93. The minimum atomic E-state index is -0.0641. The van der Waals surface area contributed by atoms with Gasteiger partial charge < -0.3 is 14.3 Å². The number of carbonyl (C=O) groups is 1. The summed E-state index contributed by atoms with van der Waals surface area (Å²) in [5.41, 5.74) is 2.93. The molecule has 1 aromatic heterocycles. The van der Waals surface area contributed by atoms with E-state index in [1.807, 2.05) is 65.6 Å². The quantitative estimate of drug-likeness (QED) is 0.609. The maximum atomic E-state index is 13.7. The van der Waals surface area contributed by atoms with Gasteiger partial charge in [-0.3, -0.25) is 4.79 Å². The molecule has 1 aliphatic heterocycles. The smallest absolute Gasteiger partial charge is 0.264 e. The number of hydrogen-bond donors (Lipinski definition) is 0. The van der Waals surface area contributed by atoms with Gasteiger partial charge in [-0.25, -0.2) is 0 Å². The Hall–Kier alpha value is -2.92. The van der Waals surface area contributed by atoms with Crippen LogP contribution in [-0.4, -0.2) is 42.1 Å². The van der Waals surface area contributed by atoms with Crippen LogP contribution in [-0.2, 0) is 0 Å². The summed E-state index contributed by atoms with van der Waals surface area (Å²) in [6, 6.07) is 19.6. The third-order valence-electron chi connectivity index (χ3n) is 5.53. The first-order valence-electron chi connectivity index (χ1n) is 10.3. The summed E-state index contributed by atoms with van der Waals surface area (Å²) in [5, 5.41) is 4.20. The van der Waals surface area contributed by atoms with Crippen LogP contribution in [0, 0.1) is 6.92 Å². The molecule has 1 amide bonds. The number of carbonyl (C=O) groups excluding carboxylic acids is 1. The summed E-state index contributed by atoms with van der Waals surface area (Å²) < 4.78 is 5.44. The van der Waals surface area contributed by atoms with Crippen LogP contribution in [0.5, 0.6) is 0 Å². The molecule has 0 bridgehead atoms. The van der Waals surface area contributed by atoms with Crippen LogP contribution in [0.2, 0.25) is 0 Å². The van der Waals surface area contributed by atoms with Gasteiger partial charge in [0, 0.05) is 24.3 Å². The molecule has 29 heavy (non-hydrogen) atoms. The van der Waals surface area contributed by atoms with E-state index in [1.54, 1.807) is 6.92 Å². The molecule has 5 heteroatoms. The standard InChI is InChI=1S/C24H27N3O2/c1-19-22(23(25-29-19)20-11-5-2-6-12-20)24(28)27(21-13-7-3-8-14-21)18-17-26-15-9-4-10-16-26/h2-3,5-8,11-14H,4,9-10,15-18H2,1H3. The van der Waals surface area contributed by atoms with E-state index in [0.29, 0.717) is 23.6 Å². The fraction of sp³-hybridized carbons (Fsp3) is 0.333. The molecule has 3 aromatic rings. The van der Waals surface area contributed by atoms with Gasteiger partial charge in [-0.1, -0.05) is 60.1 Å². The summed E-state index contributed by atoms with van der Waals surface area (Å²) in [4.78, 5) is 18.0. The van der Waals surface area contributed by atoms with Crippen LogP contribution in [0.15, 0.2) is 65.2 Å². The predicted octanol–water partition coefficient (Wildman–Crippen LogP) is 4.78. The molecule has 150 valence electrons. The molecule has 2 aromatic carbocycles. The van der Waals surface area contributed by atoms with Gasteiger partial charge >= 0.3 is 0 Å². The molecule has 0 unspecified atom stereocenters.